The molecule has 0 aromatic heterocycles. The van der Waals surface area contributed by atoms with E-state index in [9.17, 15) is 9.59 Å². The van der Waals surface area contributed by atoms with E-state index in [1.807, 2.05) is 76.2 Å². The number of rotatable bonds is 6. The molecule has 0 saturated carbocycles. The van der Waals surface area contributed by atoms with E-state index in [1.165, 1.54) is 6.92 Å². The summed E-state index contributed by atoms with van der Waals surface area (Å²) in [5, 5.41) is 1.61. The fourth-order valence-electron chi connectivity index (χ4n) is 4.20. The van der Waals surface area contributed by atoms with Gasteiger partial charge in [0, 0.05) is 12.5 Å². The van der Waals surface area contributed by atoms with Crippen LogP contribution in [0, 0.1) is 0 Å². The Labute approximate surface area is 195 Å². The van der Waals surface area contributed by atoms with E-state index < -0.39 is 42.3 Å². The fourth-order valence-corrected chi connectivity index (χ4v) is 4.20. The molecule has 0 amide bonds. The van der Waals surface area contributed by atoms with Crippen molar-refractivity contribution in [1.29, 1.82) is 0 Å². The smallest absolute Gasteiger partial charge is 0.463 e. The number of carbonyl (C=O) groups excluding carboxylic acids is 2. The number of nitrogens with zero attached hydrogens (tertiary/aromatic N) is 1. The van der Waals surface area contributed by atoms with Crippen LogP contribution in [0.15, 0.2) is 60.7 Å². The quantitative estimate of drug-likeness (QED) is 0.372. The number of ether oxygens (including phenoxy) is 1. The van der Waals surface area contributed by atoms with Gasteiger partial charge in [-0.15, -0.1) is 0 Å². The number of hydroxylamine groups is 1. The molecular formula is C25H30BNO6. The number of esters is 1. The van der Waals surface area contributed by atoms with Gasteiger partial charge in [0.2, 0.25) is 0 Å². The highest BCUT2D eigenvalue weighted by atomic mass is 16.7. The first-order chi connectivity index (χ1) is 15.6. The molecule has 3 atom stereocenters. The molecule has 2 aliphatic rings. The first kappa shape index (κ1) is 23.5. The number of para-hydroxylation sites is 1. The fraction of sp³-hybridized carbons (Fsp3) is 0.440. The lowest BCUT2D eigenvalue weighted by molar-refractivity contribution is -0.144. The Morgan fingerprint density at radius 2 is 1.48 bits per heavy atom. The molecule has 0 radical (unpaired) electrons. The molecule has 2 heterocycles. The second kappa shape index (κ2) is 8.93. The number of Topliss-reactive ketones (excluding diaryl/α,β-unsaturated/α-hetero) is 1. The molecule has 2 fully saturated rings. The molecule has 7 nitrogen and oxygen atoms in total. The highest BCUT2D eigenvalue weighted by Gasteiger charge is 2.62. The average Bonchev–Trinajstić information content (AvgIpc) is 3.26. The molecule has 0 unspecified atom stereocenters. The van der Waals surface area contributed by atoms with Gasteiger partial charge in [-0.05, 0) is 39.8 Å². The summed E-state index contributed by atoms with van der Waals surface area (Å²) in [5.74, 6) is -1.09. The van der Waals surface area contributed by atoms with Gasteiger partial charge in [-0.25, -0.2) is 5.06 Å². The van der Waals surface area contributed by atoms with Crippen LogP contribution in [0.3, 0.4) is 0 Å². The van der Waals surface area contributed by atoms with E-state index >= 15 is 0 Å². The van der Waals surface area contributed by atoms with Crippen molar-refractivity contribution in [3.05, 3.63) is 66.2 Å². The molecule has 174 valence electrons. The zero-order valence-electron chi connectivity index (χ0n) is 19.7. The van der Waals surface area contributed by atoms with E-state index in [0.29, 0.717) is 5.56 Å². The minimum absolute atomic E-state index is 0.0218. The minimum Gasteiger partial charge on any atom is -0.463 e. The third-order valence-electron chi connectivity index (χ3n) is 6.67. The van der Waals surface area contributed by atoms with Crippen LogP contribution in [-0.2, 0) is 23.7 Å². The van der Waals surface area contributed by atoms with Crippen LogP contribution in [0.1, 0.15) is 45.0 Å². The van der Waals surface area contributed by atoms with Gasteiger partial charge in [-0.1, -0.05) is 48.5 Å². The Balaban J connectivity index is 1.78. The van der Waals surface area contributed by atoms with Crippen LogP contribution >= 0.6 is 0 Å². The van der Waals surface area contributed by atoms with Gasteiger partial charge in [0.25, 0.3) is 0 Å². The molecule has 8 heteroatoms. The predicted octanol–water partition coefficient (Wildman–Crippen LogP) is 4.08. The van der Waals surface area contributed by atoms with Gasteiger partial charge in [0.05, 0.1) is 22.7 Å². The Bertz CT molecular complexity index is 980. The topological polar surface area (TPSA) is 74.3 Å². The summed E-state index contributed by atoms with van der Waals surface area (Å²) in [4.78, 5) is 31.8. The standard InChI is InChI=1S/C25H30BNO6/c1-17(28)30-16-20-21(26-32-24(2,3)25(4,5)33-26)22(23(29)18-12-8-6-9-13-18)27(31-20)19-14-10-7-11-15-19/h6-15,20-22H,16H2,1-5H3/t20-,21-,22-/m1/s1. The van der Waals surface area contributed by atoms with Crippen molar-refractivity contribution < 1.29 is 28.5 Å². The lowest BCUT2D eigenvalue weighted by Crippen LogP contribution is -2.44. The number of ketones is 1. The van der Waals surface area contributed by atoms with Crippen molar-refractivity contribution in [2.75, 3.05) is 11.7 Å². The van der Waals surface area contributed by atoms with Gasteiger partial charge < -0.3 is 14.0 Å². The Hall–Kier alpha value is -2.68. The maximum absolute atomic E-state index is 13.9. The summed E-state index contributed by atoms with van der Waals surface area (Å²) in [6.07, 6.45) is -0.638. The number of benzene rings is 2. The molecule has 0 N–H and O–H groups in total. The number of hydrogen-bond acceptors (Lipinski definition) is 7. The zero-order valence-corrected chi connectivity index (χ0v) is 19.7. The van der Waals surface area contributed by atoms with Gasteiger partial charge in [-0.3, -0.25) is 14.4 Å². The van der Waals surface area contributed by atoms with E-state index in [1.54, 1.807) is 17.2 Å². The molecule has 2 aromatic carbocycles. The third-order valence-corrected chi connectivity index (χ3v) is 6.67. The summed E-state index contributed by atoms with van der Waals surface area (Å²) in [7, 11) is -0.734. The Morgan fingerprint density at radius 3 is 2.03 bits per heavy atom. The Kier molecular flexibility index (Phi) is 6.36. The summed E-state index contributed by atoms with van der Waals surface area (Å²) >= 11 is 0. The molecular weight excluding hydrogens is 421 g/mol. The first-order valence-corrected chi connectivity index (χ1v) is 11.2. The highest BCUT2D eigenvalue weighted by molar-refractivity contribution is 6.49. The van der Waals surface area contributed by atoms with Crippen LogP contribution in [0.4, 0.5) is 5.69 Å². The number of anilines is 1. The maximum atomic E-state index is 13.9. The van der Waals surface area contributed by atoms with Crippen molar-refractivity contribution in [2.24, 2.45) is 0 Å². The van der Waals surface area contributed by atoms with Crippen molar-refractivity contribution in [3.63, 3.8) is 0 Å². The molecule has 2 saturated heterocycles. The first-order valence-electron chi connectivity index (χ1n) is 11.2. The summed E-state index contributed by atoms with van der Waals surface area (Å²) in [5.41, 5.74) is 0.0919. The lowest BCUT2D eigenvalue weighted by atomic mass is 9.63. The van der Waals surface area contributed by atoms with Crippen LogP contribution in [0.5, 0.6) is 0 Å². The largest absolute Gasteiger partial charge is 0.466 e. The van der Waals surface area contributed by atoms with Crippen molar-refractivity contribution in [1.82, 2.24) is 0 Å². The maximum Gasteiger partial charge on any atom is 0.466 e. The van der Waals surface area contributed by atoms with Crippen LogP contribution < -0.4 is 5.06 Å². The molecule has 33 heavy (non-hydrogen) atoms. The molecule has 2 aromatic rings. The monoisotopic (exact) mass is 451 g/mol. The third kappa shape index (κ3) is 4.56. The van der Waals surface area contributed by atoms with E-state index in [-0.39, 0.29) is 12.4 Å². The average molecular weight is 451 g/mol. The summed E-state index contributed by atoms with van der Waals surface area (Å²) in [6, 6.07) is 17.8. The van der Waals surface area contributed by atoms with Gasteiger partial charge >= 0.3 is 13.1 Å². The molecule has 0 aliphatic carbocycles. The molecule has 4 rings (SSSR count). The summed E-state index contributed by atoms with van der Waals surface area (Å²) in [6.45, 7) is 9.19. The lowest BCUT2D eigenvalue weighted by Gasteiger charge is -2.32. The highest BCUT2D eigenvalue weighted by Crippen LogP contribution is 2.47. The zero-order chi connectivity index (χ0) is 23.8. The van der Waals surface area contributed by atoms with E-state index in [4.69, 9.17) is 18.9 Å². The number of carbonyl (C=O) groups is 2. The molecule has 0 spiro atoms. The van der Waals surface area contributed by atoms with Crippen molar-refractivity contribution in [3.8, 4) is 0 Å². The van der Waals surface area contributed by atoms with Crippen LogP contribution in [0.2, 0.25) is 5.82 Å². The normalized spacial score (nSPS) is 25.8. The van der Waals surface area contributed by atoms with Gasteiger partial charge in [-0.2, -0.15) is 0 Å². The predicted molar refractivity (Wildman–Crippen MR) is 125 cm³/mol. The minimum atomic E-state index is -0.745. The van der Waals surface area contributed by atoms with Crippen LogP contribution in [-0.4, -0.2) is 48.8 Å². The molecule has 0 bridgehead atoms. The van der Waals surface area contributed by atoms with Crippen molar-refractivity contribution >= 4 is 24.6 Å². The molecule has 2 aliphatic heterocycles. The summed E-state index contributed by atoms with van der Waals surface area (Å²) < 4.78 is 18.1. The Morgan fingerprint density at radius 1 is 0.939 bits per heavy atom. The van der Waals surface area contributed by atoms with E-state index in [2.05, 4.69) is 0 Å². The number of hydrogen-bond donors (Lipinski definition) is 0. The second-order valence-corrected chi connectivity index (χ2v) is 9.48. The second-order valence-electron chi connectivity index (χ2n) is 9.48. The SMILES string of the molecule is CC(=O)OC[C@H]1ON(c2ccccc2)[C@@H](C(=O)c2ccccc2)[C@@H]1B1OC(C)(C)C(C)(C)O1. The van der Waals surface area contributed by atoms with Crippen molar-refractivity contribution in [2.45, 2.75) is 63.8 Å². The van der Waals surface area contributed by atoms with E-state index in [0.717, 1.165) is 5.69 Å². The van der Waals surface area contributed by atoms with Crippen LogP contribution in [0.25, 0.3) is 0 Å². The van der Waals surface area contributed by atoms with Gasteiger partial charge in [0.1, 0.15) is 18.8 Å². The van der Waals surface area contributed by atoms with Gasteiger partial charge in [0.15, 0.2) is 5.78 Å².